The van der Waals surface area contributed by atoms with Gasteiger partial charge < -0.3 is 20.4 Å². The van der Waals surface area contributed by atoms with Crippen LogP contribution in [0.1, 0.15) is 125 Å². The molecule has 0 saturated heterocycles. The van der Waals surface area contributed by atoms with E-state index in [0.29, 0.717) is 50.4 Å². The van der Waals surface area contributed by atoms with E-state index in [1.165, 1.54) is 5.57 Å². The summed E-state index contributed by atoms with van der Waals surface area (Å²) in [5, 5.41) is 41.3. The predicted molar refractivity (Wildman–Crippen MR) is 192 cm³/mol. The Morgan fingerprint density at radius 2 is 1.23 bits per heavy atom. The summed E-state index contributed by atoms with van der Waals surface area (Å²) in [4.78, 5) is 62.1. The standard InChI is InChI=1S/C22H32O4.C21H28O5/c1-20-8-6-14(24)10-13(20)4-5-15-16-7-9-21(2,18(26)12-23)22(16,3)11-17(25)19(15)20;1-19-7-5-13(23)9-12(19)3-4-14-15-6-8-21(26,17(25)11-22)20(15,2)10-16(24)18(14)19/h10,15-17,19,23,25H,4-9,11-12H2,1-3H3;9,14-15,18,22,26H,3-8,10-11H2,1-2H3/t15?,16?,17?,19?,20-,21?,22-;14?,15?,18?,19-,20-,21?/m00/s1. The summed E-state index contributed by atoms with van der Waals surface area (Å²) in [6, 6.07) is 0. The molecule has 4 N–H and O–H groups in total. The Kier molecular flexibility index (Phi) is 9.20. The minimum absolute atomic E-state index is 0.0704. The van der Waals surface area contributed by atoms with E-state index >= 15 is 0 Å². The van der Waals surface area contributed by atoms with Crippen molar-refractivity contribution in [3.63, 3.8) is 0 Å². The van der Waals surface area contributed by atoms with E-state index in [1.807, 2.05) is 19.9 Å². The van der Waals surface area contributed by atoms with Gasteiger partial charge >= 0.3 is 0 Å². The maximum Gasteiger partial charge on any atom is 0.190 e. The topological polar surface area (TPSA) is 166 Å². The van der Waals surface area contributed by atoms with Gasteiger partial charge in [0, 0.05) is 36.0 Å². The lowest BCUT2D eigenvalue weighted by Gasteiger charge is -2.61. The molecule has 13 atom stereocenters. The fourth-order valence-corrected chi connectivity index (χ4v) is 14.5. The summed E-state index contributed by atoms with van der Waals surface area (Å²) in [5.74, 6) is 0.973. The molecule has 0 bridgehead atoms. The molecule has 286 valence electrons. The third-order valence-corrected chi connectivity index (χ3v) is 17.7. The molecule has 8 aliphatic carbocycles. The van der Waals surface area contributed by atoms with Crippen molar-refractivity contribution in [1.82, 2.24) is 0 Å². The summed E-state index contributed by atoms with van der Waals surface area (Å²) in [7, 11) is 0. The number of fused-ring (bicyclic) bond motifs is 10. The summed E-state index contributed by atoms with van der Waals surface area (Å²) < 4.78 is 0. The van der Waals surface area contributed by atoms with Gasteiger partial charge in [-0.2, -0.15) is 0 Å². The van der Waals surface area contributed by atoms with Gasteiger partial charge in [0.25, 0.3) is 0 Å². The number of hydrogen-bond acceptors (Lipinski definition) is 9. The molecule has 0 aromatic rings. The van der Waals surface area contributed by atoms with Gasteiger partial charge in [-0.15, -0.1) is 0 Å². The van der Waals surface area contributed by atoms with E-state index < -0.39 is 41.5 Å². The van der Waals surface area contributed by atoms with Gasteiger partial charge in [0.2, 0.25) is 0 Å². The fourth-order valence-electron chi connectivity index (χ4n) is 14.5. The lowest BCUT2D eigenvalue weighted by Crippen LogP contribution is -2.60. The number of ketones is 5. The Morgan fingerprint density at radius 3 is 1.85 bits per heavy atom. The number of rotatable bonds is 4. The minimum atomic E-state index is -1.60. The third-order valence-electron chi connectivity index (χ3n) is 17.7. The normalized spacial score (nSPS) is 49.1. The summed E-state index contributed by atoms with van der Waals surface area (Å²) >= 11 is 0. The first-order valence-corrected chi connectivity index (χ1v) is 20.0. The lowest BCUT2D eigenvalue weighted by atomic mass is 9.44. The highest BCUT2D eigenvalue weighted by molar-refractivity contribution is 5.95. The first kappa shape index (κ1) is 38.0. The van der Waals surface area contributed by atoms with Crippen molar-refractivity contribution in [1.29, 1.82) is 0 Å². The molecule has 0 aromatic carbocycles. The molecule has 9 unspecified atom stereocenters. The highest BCUT2D eigenvalue weighted by Gasteiger charge is 2.69. The largest absolute Gasteiger partial charge is 0.393 e. The maximum atomic E-state index is 13.3. The number of Topliss-reactive ketones (excluding diaryl/α,β-unsaturated/α-hetero) is 3. The van der Waals surface area contributed by atoms with Crippen molar-refractivity contribution >= 4 is 28.9 Å². The first-order chi connectivity index (χ1) is 24.3. The number of hydrogen-bond donors (Lipinski definition) is 4. The Balaban J connectivity index is 0.000000162. The number of carbonyl (C=O) groups is 5. The number of carbonyl (C=O) groups excluding carboxylic acids is 5. The molecule has 6 saturated carbocycles. The second kappa shape index (κ2) is 12.6. The monoisotopic (exact) mass is 720 g/mol. The molecular formula is C43H60O9. The lowest BCUT2D eigenvalue weighted by molar-refractivity contribution is -0.170. The second-order valence-electron chi connectivity index (χ2n) is 19.4. The van der Waals surface area contributed by atoms with E-state index in [2.05, 4.69) is 20.8 Å². The van der Waals surface area contributed by atoms with Crippen LogP contribution in [0.3, 0.4) is 0 Å². The van der Waals surface area contributed by atoms with Crippen LogP contribution in [-0.2, 0) is 24.0 Å². The summed E-state index contributed by atoms with van der Waals surface area (Å²) in [5.41, 5.74) is -1.20. The molecule has 0 aromatic heterocycles. The van der Waals surface area contributed by atoms with Crippen molar-refractivity contribution in [3.05, 3.63) is 23.3 Å². The highest BCUT2D eigenvalue weighted by Crippen LogP contribution is 2.70. The highest BCUT2D eigenvalue weighted by atomic mass is 16.3. The third kappa shape index (κ3) is 5.03. The molecule has 0 aliphatic heterocycles. The van der Waals surface area contributed by atoms with Gasteiger partial charge in [0.1, 0.15) is 24.6 Å². The van der Waals surface area contributed by atoms with Crippen LogP contribution in [0.4, 0.5) is 0 Å². The zero-order chi connectivity index (χ0) is 37.8. The van der Waals surface area contributed by atoms with Crippen molar-refractivity contribution in [3.8, 4) is 0 Å². The number of aliphatic hydroxyl groups excluding tert-OH is 3. The van der Waals surface area contributed by atoms with Crippen LogP contribution in [0.15, 0.2) is 23.3 Å². The summed E-state index contributed by atoms with van der Waals surface area (Å²) in [6.45, 7) is 9.33. The van der Waals surface area contributed by atoms with E-state index in [9.17, 15) is 44.4 Å². The molecule has 6 fully saturated rings. The summed E-state index contributed by atoms with van der Waals surface area (Å²) in [6.07, 6.45) is 13.0. The van der Waals surface area contributed by atoms with Crippen LogP contribution in [0.5, 0.6) is 0 Å². The average Bonchev–Trinajstić information content (AvgIpc) is 3.53. The van der Waals surface area contributed by atoms with Crippen LogP contribution in [0.25, 0.3) is 0 Å². The quantitative estimate of drug-likeness (QED) is 0.311. The van der Waals surface area contributed by atoms with Crippen LogP contribution >= 0.6 is 0 Å². The predicted octanol–water partition coefficient (Wildman–Crippen LogP) is 5.05. The van der Waals surface area contributed by atoms with Crippen LogP contribution in [0, 0.1) is 62.6 Å². The van der Waals surface area contributed by atoms with Crippen molar-refractivity contribution < 1.29 is 44.4 Å². The van der Waals surface area contributed by atoms with Crippen LogP contribution in [0.2, 0.25) is 0 Å². The zero-order valence-electron chi connectivity index (χ0n) is 31.8. The molecule has 0 heterocycles. The minimum Gasteiger partial charge on any atom is -0.393 e. The van der Waals surface area contributed by atoms with Gasteiger partial charge in [-0.1, -0.05) is 45.8 Å². The average molecular weight is 721 g/mol. The van der Waals surface area contributed by atoms with Crippen LogP contribution < -0.4 is 0 Å². The first-order valence-electron chi connectivity index (χ1n) is 20.0. The molecule has 8 rings (SSSR count). The van der Waals surface area contributed by atoms with Gasteiger partial charge in [-0.3, -0.25) is 24.0 Å². The van der Waals surface area contributed by atoms with Crippen molar-refractivity contribution in [2.45, 2.75) is 136 Å². The van der Waals surface area contributed by atoms with Gasteiger partial charge in [-0.05, 0) is 129 Å². The Labute approximate surface area is 308 Å². The molecular weight excluding hydrogens is 660 g/mol. The van der Waals surface area contributed by atoms with Crippen LogP contribution in [-0.4, -0.2) is 74.3 Å². The Morgan fingerprint density at radius 1 is 0.692 bits per heavy atom. The molecule has 9 heteroatoms. The van der Waals surface area contributed by atoms with Gasteiger partial charge in [0.05, 0.1) is 6.10 Å². The second-order valence-corrected chi connectivity index (χ2v) is 19.4. The van der Waals surface area contributed by atoms with E-state index in [0.717, 1.165) is 50.5 Å². The molecule has 8 aliphatic rings. The molecule has 0 spiro atoms. The Hall–Kier alpha value is -2.33. The zero-order valence-corrected chi connectivity index (χ0v) is 31.8. The van der Waals surface area contributed by atoms with Crippen molar-refractivity contribution in [2.24, 2.45) is 62.6 Å². The molecule has 0 radical (unpaired) electrons. The fraction of sp³-hybridized carbons (Fsp3) is 0.791. The van der Waals surface area contributed by atoms with E-state index in [4.69, 9.17) is 0 Å². The SMILES string of the molecule is CC1(C(=O)CO)CCC2C3CCC4=CC(=O)CC[C@]4(C)C3C(O)C[C@@]21C.C[C@]12CCC(=O)C=C1CCC1C2C(=O)C[C@@]2(C)C1CCC2(O)C(=O)CO. The Bertz CT molecular complexity index is 1640. The smallest absolute Gasteiger partial charge is 0.190 e. The van der Waals surface area contributed by atoms with Crippen molar-refractivity contribution in [2.75, 3.05) is 13.2 Å². The number of aliphatic hydroxyl groups is 4. The van der Waals surface area contributed by atoms with E-state index in [-0.39, 0.29) is 69.5 Å². The van der Waals surface area contributed by atoms with Gasteiger partial charge in [-0.25, -0.2) is 0 Å². The number of allylic oxidation sites excluding steroid dienone is 2. The maximum absolute atomic E-state index is 13.3. The van der Waals surface area contributed by atoms with E-state index in [1.54, 1.807) is 6.08 Å². The molecule has 0 amide bonds. The molecule has 9 nitrogen and oxygen atoms in total. The van der Waals surface area contributed by atoms with Gasteiger partial charge in [0.15, 0.2) is 23.1 Å². The molecule has 52 heavy (non-hydrogen) atoms.